The number of fused-ring (bicyclic) bond motifs is 1. The van der Waals surface area contributed by atoms with Crippen molar-refractivity contribution in [3.05, 3.63) is 30.0 Å². The number of aryl methyl sites for hydroxylation is 1. The highest BCUT2D eigenvalue weighted by Crippen LogP contribution is 2.26. The van der Waals surface area contributed by atoms with Gasteiger partial charge in [-0.15, -0.1) is 0 Å². The minimum atomic E-state index is 0.134. The molecule has 2 rings (SSSR count). The van der Waals surface area contributed by atoms with E-state index < -0.39 is 0 Å². The number of rotatable bonds is 0. The highest BCUT2D eigenvalue weighted by atomic mass is 15.1. The highest BCUT2D eigenvalue weighted by Gasteiger charge is 2.18. The minimum Gasteiger partial charge on any atom is -0.289 e. The van der Waals surface area contributed by atoms with E-state index in [0.717, 1.165) is 11.5 Å². The maximum absolute atomic E-state index is 4.32. The molecule has 2 aromatic rings. The van der Waals surface area contributed by atoms with E-state index in [-0.39, 0.29) is 5.41 Å². The Morgan fingerprint density at radius 3 is 2.57 bits per heavy atom. The van der Waals surface area contributed by atoms with E-state index in [1.807, 2.05) is 17.5 Å². The van der Waals surface area contributed by atoms with Crippen molar-refractivity contribution >= 4 is 5.65 Å². The molecular formula is C11H15N3. The van der Waals surface area contributed by atoms with Gasteiger partial charge in [0.2, 0.25) is 0 Å². The third-order valence-electron chi connectivity index (χ3n) is 2.44. The van der Waals surface area contributed by atoms with E-state index in [4.69, 9.17) is 0 Å². The summed E-state index contributed by atoms with van der Waals surface area (Å²) in [5.41, 5.74) is 2.42. The van der Waals surface area contributed by atoms with Crippen LogP contribution < -0.4 is 0 Å². The molecule has 3 nitrogen and oxygen atoms in total. The van der Waals surface area contributed by atoms with Crippen LogP contribution in [0.2, 0.25) is 0 Å². The van der Waals surface area contributed by atoms with Gasteiger partial charge in [-0.1, -0.05) is 20.8 Å². The predicted octanol–water partition coefficient (Wildman–Crippen LogP) is 2.34. The van der Waals surface area contributed by atoms with E-state index in [1.165, 1.54) is 5.56 Å². The molecule has 0 N–H and O–H groups in total. The molecule has 0 radical (unpaired) electrons. The lowest BCUT2D eigenvalue weighted by atomic mass is 9.89. The van der Waals surface area contributed by atoms with Crippen molar-refractivity contribution in [3.63, 3.8) is 0 Å². The van der Waals surface area contributed by atoms with Gasteiger partial charge in [0.05, 0.1) is 0 Å². The van der Waals surface area contributed by atoms with Gasteiger partial charge in [-0.05, 0) is 18.4 Å². The summed E-state index contributed by atoms with van der Waals surface area (Å²) in [6.45, 7) is 8.57. The van der Waals surface area contributed by atoms with Crippen LogP contribution in [0.5, 0.6) is 0 Å². The van der Waals surface area contributed by atoms with E-state index in [0.29, 0.717) is 0 Å². The molecule has 0 saturated heterocycles. The third-order valence-corrected chi connectivity index (χ3v) is 2.44. The van der Waals surface area contributed by atoms with Crippen molar-refractivity contribution in [1.82, 2.24) is 14.4 Å². The summed E-state index contributed by atoms with van der Waals surface area (Å²) in [5, 5.41) is 0. The first-order chi connectivity index (χ1) is 6.50. The molecule has 0 aromatic carbocycles. The van der Waals surface area contributed by atoms with Crippen LogP contribution in [-0.2, 0) is 5.41 Å². The van der Waals surface area contributed by atoms with Gasteiger partial charge >= 0.3 is 0 Å². The van der Waals surface area contributed by atoms with E-state index in [9.17, 15) is 0 Å². The Kier molecular flexibility index (Phi) is 1.84. The van der Waals surface area contributed by atoms with E-state index in [2.05, 4.69) is 36.8 Å². The van der Waals surface area contributed by atoms with Crippen LogP contribution in [0.1, 0.15) is 32.2 Å². The topological polar surface area (TPSA) is 30.2 Å². The molecule has 74 valence electrons. The summed E-state index contributed by atoms with van der Waals surface area (Å²) < 4.78 is 2.03. The molecule has 0 bridgehead atoms. The standard InChI is InChI=1S/C11H15N3/c1-8-12-7-13-10-9(11(2,3)4)5-6-14(8)10/h5-7H,1-4H3. The second-order valence-electron chi connectivity index (χ2n) is 4.59. The molecule has 0 unspecified atom stereocenters. The second kappa shape index (κ2) is 2.80. The van der Waals surface area contributed by atoms with Gasteiger partial charge in [-0.3, -0.25) is 4.40 Å². The average molecular weight is 189 g/mol. The van der Waals surface area contributed by atoms with Crippen LogP contribution >= 0.6 is 0 Å². The lowest BCUT2D eigenvalue weighted by molar-refractivity contribution is 0.594. The van der Waals surface area contributed by atoms with Gasteiger partial charge in [-0.25, -0.2) is 9.97 Å². The number of nitrogens with zero attached hydrogens (tertiary/aromatic N) is 3. The normalized spacial score (nSPS) is 12.3. The van der Waals surface area contributed by atoms with Crippen molar-refractivity contribution in [2.45, 2.75) is 33.1 Å². The van der Waals surface area contributed by atoms with Crippen LogP contribution in [0.25, 0.3) is 5.65 Å². The summed E-state index contributed by atoms with van der Waals surface area (Å²) in [5.74, 6) is 0.977. The fourth-order valence-electron chi connectivity index (χ4n) is 1.63. The second-order valence-corrected chi connectivity index (χ2v) is 4.59. The van der Waals surface area contributed by atoms with Gasteiger partial charge in [0, 0.05) is 11.8 Å². The number of aromatic nitrogens is 3. The highest BCUT2D eigenvalue weighted by molar-refractivity contribution is 5.52. The summed E-state index contributed by atoms with van der Waals surface area (Å²) in [7, 11) is 0. The molecule has 2 heterocycles. The van der Waals surface area contributed by atoms with Crippen LogP contribution in [0, 0.1) is 6.92 Å². The Morgan fingerprint density at radius 2 is 1.93 bits per heavy atom. The van der Waals surface area contributed by atoms with Crippen molar-refractivity contribution in [1.29, 1.82) is 0 Å². The lowest BCUT2D eigenvalue weighted by Crippen LogP contribution is -2.11. The molecule has 2 aromatic heterocycles. The molecule has 0 saturated carbocycles. The van der Waals surface area contributed by atoms with Gasteiger partial charge in [0.15, 0.2) is 0 Å². The Bertz CT molecular complexity index is 463. The quantitative estimate of drug-likeness (QED) is 0.636. The molecule has 0 amide bonds. The first-order valence-electron chi connectivity index (χ1n) is 4.79. The Hall–Kier alpha value is -1.38. The zero-order chi connectivity index (χ0) is 10.3. The maximum Gasteiger partial charge on any atom is 0.143 e. The smallest absolute Gasteiger partial charge is 0.143 e. The van der Waals surface area contributed by atoms with Crippen molar-refractivity contribution < 1.29 is 0 Å². The summed E-state index contributed by atoms with van der Waals surface area (Å²) in [4.78, 5) is 8.47. The third kappa shape index (κ3) is 1.29. The molecule has 0 atom stereocenters. The fourth-order valence-corrected chi connectivity index (χ4v) is 1.63. The maximum atomic E-state index is 4.32. The zero-order valence-corrected chi connectivity index (χ0v) is 9.07. The van der Waals surface area contributed by atoms with Crippen molar-refractivity contribution in [2.75, 3.05) is 0 Å². The summed E-state index contributed by atoms with van der Waals surface area (Å²) >= 11 is 0. The van der Waals surface area contributed by atoms with Crippen LogP contribution in [0.3, 0.4) is 0 Å². The molecule has 0 aliphatic carbocycles. The number of hydrogen-bond donors (Lipinski definition) is 0. The monoisotopic (exact) mass is 189 g/mol. The van der Waals surface area contributed by atoms with Crippen molar-refractivity contribution in [2.24, 2.45) is 0 Å². The first kappa shape index (κ1) is 9.19. The molecular weight excluding hydrogens is 174 g/mol. The van der Waals surface area contributed by atoms with Gasteiger partial charge in [0.1, 0.15) is 17.8 Å². The van der Waals surface area contributed by atoms with E-state index in [1.54, 1.807) is 6.33 Å². The van der Waals surface area contributed by atoms with Crippen LogP contribution in [-0.4, -0.2) is 14.4 Å². The summed E-state index contributed by atoms with van der Waals surface area (Å²) in [6, 6.07) is 2.12. The Labute approximate surface area is 83.8 Å². The largest absolute Gasteiger partial charge is 0.289 e. The molecule has 0 aliphatic heterocycles. The van der Waals surface area contributed by atoms with E-state index >= 15 is 0 Å². The minimum absolute atomic E-state index is 0.134. The van der Waals surface area contributed by atoms with Gasteiger partial charge < -0.3 is 0 Å². The lowest BCUT2D eigenvalue weighted by Gasteiger charge is -2.16. The Morgan fingerprint density at radius 1 is 1.21 bits per heavy atom. The zero-order valence-electron chi connectivity index (χ0n) is 9.07. The SMILES string of the molecule is Cc1ncnc2c(C(C)(C)C)ccn12. The fraction of sp³-hybridized carbons (Fsp3) is 0.455. The molecule has 0 aliphatic rings. The van der Waals surface area contributed by atoms with Gasteiger partial charge in [-0.2, -0.15) is 0 Å². The predicted molar refractivity (Wildman–Crippen MR) is 56.4 cm³/mol. The molecule has 0 spiro atoms. The number of hydrogen-bond acceptors (Lipinski definition) is 2. The first-order valence-corrected chi connectivity index (χ1v) is 4.79. The summed E-state index contributed by atoms with van der Waals surface area (Å²) in [6.07, 6.45) is 3.66. The molecule has 14 heavy (non-hydrogen) atoms. The molecule has 3 heteroatoms. The average Bonchev–Trinajstić information content (AvgIpc) is 2.47. The van der Waals surface area contributed by atoms with Gasteiger partial charge in [0.25, 0.3) is 0 Å². The Balaban J connectivity index is 2.76. The van der Waals surface area contributed by atoms with Crippen LogP contribution in [0.4, 0.5) is 0 Å². The molecule has 0 fully saturated rings. The van der Waals surface area contributed by atoms with Crippen molar-refractivity contribution in [3.8, 4) is 0 Å². The van der Waals surface area contributed by atoms with Crippen LogP contribution in [0.15, 0.2) is 18.6 Å².